The number of ether oxygens (including phenoxy) is 2. The van der Waals surface area contributed by atoms with Crippen molar-refractivity contribution >= 4 is 12.0 Å². The van der Waals surface area contributed by atoms with Crippen molar-refractivity contribution in [1.82, 2.24) is 5.32 Å². The highest BCUT2D eigenvalue weighted by Crippen LogP contribution is 2.23. The zero-order chi connectivity index (χ0) is 31.5. The molecule has 1 aliphatic heterocycles. The molecule has 0 aliphatic carbocycles. The van der Waals surface area contributed by atoms with E-state index in [9.17, 15) is 14.7 Å². The van der Waals surface area contributed by atoms with Crippen molar-refractivity contribution < 1.29 is 24.2 Å². The lowest BCUT2D eigenvalue weighted by molar-refractivity contribution is -0.115. The average molecular weight is 581 g/mol. The van der Waals surface area contributed by atoms with E-state index in [0.717, 1.165) is 42.4 Å². The number of hydrogen-bond acceptors (Lipinski definition) is 5. The molecule has 0 saturated carbocycles. The predicted octanol–water partition coefficient (Wildman–Crippen LogP) is 7.49. The summed E-state index contributed by atoms with van der Waals surface area (Å²) in [4.78, 5) is 23.3. The van der Waals surface area contributed by atoms with E-state index in [1.165, 1.54) is 0 Å². The first-order chi connectivity index (χ1) is 19.9. The topological polar surface area (TPSA) is 111 Å². The van der Waals surface area contributed by atoms with E-state index >= 15 is 0 Å². The fraction of sp³-hybridized carbons (Fsp3) is 0.486. The summed E-state index contributed by atoms with van der Waals surface area (Å²) in [6, 6.07) is 0. The van der Waals surface area contributed by atoms with Gasteiger partial charge in [0.2, 0.25) is 5.91 Å². The number of carbonyl (C=O) groups is 2. The molecule has 42 heavy (non-hydrogen) atoms. The average Bonchev–Trinajstić information content (AvgIpc) is 2.89. The van der Waals surface area contributed by atoms with Crippen molar-refractivity contribution in [2.24, 2.45) is 17.6 Å². The highest BCUT2D eigenvalue weighted by atomic mass is 16.6. The third-order valence-electron chi connectivity index (χ3n) is 6.74. The van der Waals surface area contributed by atoms with Crippen LogP contribution in [0.4, 0.5) is 4.79 Å². The number of aliphatic hydroxyl groups excluding tert-OH is 1. The minimum absolute atomic E-state index is 0.0801. The molecule has 0 aromatic carbocycles. The smallest absolute Gasteiger partial charge is 0.404 e. The number of rotatable bonds is 6. The van der Waals surface area contributed by atoms with Gasteiger partial charge in [0.05, 0.1) is 6.10 Å². The minimum Gasteiger partial charge on any atom is -0.490 e. The fourth-order valence-electron chi connectivity index (χ4n) is 4.48. The summed E-state index contributed by atoms with van der Waals surface area (Å²) < 4.78 is 11.6. The highest BCUT2D eigenvalue weighted by molar-refractivity contribution is 5.88. The third-order valence-corrected chi connectivity index (χ3v) is 6.74. The maximum atomic E-state index is 11.9. The van der Waals surface area contributed by atoms with Gasteiger partial charge in [-0.2, -0.15) is 0 Å². The van der Waals surface area contributed by atoms with E-state index in [0.29, 0.717) is 18.6 Å². The number of nitrogens with two attached hydrogens (primary N) is 1. The molecular weight excluding hydrogens is 528 g/mol. The Labute approximate surface area is 253 Å². The lowest BCUT2D eigenvalue weighted by Gasteiger charge is -2.25. The van der Waals surface area contributed by atoms with Gasteiger partial charge in [0.25, 0.3) is 0 Å². The summed E-state index contributed by atoms with van der Waals surface area (Å²) >= 11 is 0. The molecule has 1 aliphatic rings. The van der Waals surface area contributed by atoms with Gasteiger partial charge in [-0.15, -0.1) is 0 Å². The number of nitrogens with one attached hydrogen (secondary N) is 1. The van der Waals surface area contributed by atoms with E-state index in [1.807, 2.05) is 64.2 Å². The molecule has 5 unspecified atom stereocenters. The molecule has 2 amide bonds. The summed E-state index contributed by atoms with van der Waals surface area (Å²) in [5.41, 5.74) is 8.38. The van der Waals surface area contributed by atoms with Gasteiger partial charge < -0.3 is 25.6 Å². The van der Waals surface area contributed by atoms with Crippen LogP contribution in [0, 0.1) is 11.8 Å². The van der Waals surface area contributed by atoms with Crippen molar-refractivity contribution in [1.29, 1.82) is 0 Å². The van der Waals surface area contributed by atoms with Gasteiger partial charge in [-0.1, -0.05) is 79.7 Å². The number of amides is 2. The SMILES string of the molecule is C=C1/C=C/CC/C=C/C(C)C(O)C(OC(N)=O)CCC/C=C/C=C(\C)CC(C(C)/C=C(C)/C=C/NC(=O)C=C(C)C)O1. The molecular formula is C35H52N2O5. The molecule has 5 atom stereocenters. The Morgan fingerprint density at radius 2 is 1.90 bits per heavy atom. The lowest BCUT2D eigenvalue weighted by Crippen LogP contribution is -2.37. The monoisotopic (exact) mass is 580 g/mol. The van der Waals surface area contributed by atoms with Gasteiger partial charge in [0, 0.05) is 30.5 Å². The first kappa shape index (κ1) is 36.4. The van der Waals surface area contributed by atoms with Crippen LogP contribution < -0.4 is 11.1 Å². The molecule has 0 radical (unpaired) electrons. The van der Waals surface area contributed by atoms with Gasteiger partial charge in [-0.25, -0.2) is 4.79 Å². The Kier molecular flexibility index (Phi) is 17.6. The molecule has 1 rings (SSSR count). The van der Waals surface area contributed by atoms with Crippen molar-refractivity contribution in [3.05, 3.63) is 96.0 Å². The van der Waals surface area contributed by atoms with Gasteiger partial charge in [-0.3, -0.25) is 4.79 Å². The Morgan fingerprint density at radius 3 is 2.60 bits per heavy atom. The Bertz CT molecular complexity index is 1090. The summed E-state index contributed by atoms with van der Waals surface area (Å²) in [6.45, 7) is 16.0. The summed E-state index contributed by atoms with van der Waals surface area (Å²) in [6.07, 6.45) is 23.1. The summed E-state index contributed by atoms with van der Waals surface area (Å²) in [7, 11) is 0. The van der Waals surface area contributed by atoms with E-state index in [4.69, 9.17) is 15.2 Å². The van der Waals surface area contributed by atoms with Crippen LogP contribution >= 0.6 is 0 Å². The predicted molar refractivity (Wildman–Crippen MR) is 172 cm³/mol. The van der Waals surface area contributed by atoms with E-state index in [1.54, 1.807) is 12.3 Å². The maximum Gasteiger partial charge on any atom is 0.404 e. The largest absolute Gasteiger partial charge is 0.490 e. The number of carbonyl (C=O) groups excluding carboxylic acids is 2. The quantitative estimate of drug-likeness (QED) is 0.171. The van der Waals surface area contributed by atoms with Crippen molar-refractivity contribution in [3.8, 4) is 0 Å². The maximum absolute atomic E-state index is 11.9. The van der Waals surface area contributed by atoms with Gasteiger partial charge >= 0.3 is 6.09 Å². The zero-order valence-electron chi connectivity index (χ0n) is 26.3. The molecule has 0 bridgehead atoms. The second-order valence-electron chi connectivity index (χ2n) is 11.3. The Hall–Kier alpha value is -3.58. The molecule has 0 aromatic heterocycles. The number of aliphatic hydroxyl groups is 1. The van der Waals surface area contributed by atoms with Crippen molar-refractivity contribution in [3.63, 3.8) is 0 Å². The molecule has 1 heterocycles. The number of hydrogen-bond donors (Lipinski definition) is 3. The highest BCUT2D eigenvalue weighted by Gasteiger charge is 2.26. The molecule has 0 aromatic rings. The van der Waals surface area contributed by atoms with Crippen molar-refractivity contribution in [2.75, 3.05) is 0 Å². The van der Waals surface area contributed by atoms with Gasteiger partial charge in [0.1, 0.15) is 18.0 Å². The molecule has 0 spiro atoms. The van der Waals surface area contributed by atoms with Crippen LogP contribution in [0.15, 0.2) is 96.0 Å². The normalized spacial score (nSPS) is 27.8. The molecule has 4 N–H and O–H groups in total. The first-order valence-corrected chi connectivity index (χ1v) is 14.8. The molecule has 0 fully saturated rings. The van der Waals surface area contributed by atoms with Crippen LogP contribution in [0.2, 0.25) is 0 Å². The lowest BCUT2D eigenvalue weighted by atomic mass is 9.95. The molecule has 0 saturated heterocycles. The van der Waals surface area contributed by atoms with E-state index in [2.05, 4.69) is 44.0 Å². The fourth-order valence-corrected chi connectivity index (χ4v) is 4.48. The minimum atomic E-state index is -0.873. The van der Waals surface area contributed by atoms with E-state index in [-0.39, 0.29) is 23.8 Å². The summed E-state index contributed by atoms with van der Waals surface area (Å²) in [5, 5.41) is 13.5. The van der Waals surface area contributed by atoms with Crippen LogP contribution in [-0.2, 0) is 14.3 Å². The van der Waals surface area contributed by atoms with Gasteiger partial charge in [0.15, 0.2) is 0 Å². The number of primary amides is 1. The third kappa shape index (κ3) is 16.6. The van der Waals surface area contributed by atoms with E-state index < -0.39 is 18.3 Å². The molecule has 7 heteroatoms. The second kappa shape index (κ2) is 20.3. The van der Waals surface area contributed by atoms with Crippen LogP contribution in [0.25, 0.3) is 0 Å². The standard InChI is InChI=1S/C35H52N2O5/c1-25(2)22-33(38)37-21-20-27(4)23-29(6)32-24-26(3)16-12-8-11-15-19-31(42-35(36)40)34(39)28(5)17-13-9-10-14-18-30(7)41-32/h8,12-14,16-18,20-23,28-29,31-32,34,39H,7,9-11,15,19,24H2,1-6H3,(H2,36,40)(H,37,38)/b12-8+,17-13+,18-14+,21-20+,26-16+,27-23+. The Balaban J connectivity index is 3.06. The van der Waals surface area contributed by atoms with Gasteiger partial charge in [-0.05, 0) is 72.0 Å². The Morgan fingerprint density at radius 1 is 1.19 bits per heavy atom. The first-order valence-electron chi connectivity index (χ1n) is 14.8. The molecule has 232 valence electrons. The summed E-state index contributed by atoms with van der Waals surface area (Å²) in [5.74, 6) is 0.338. The molecule has 7 nitrogen and oxygen atoms in total. The van der Waals surface area contributed by atoms with Crippen LogP contribution in [0.1, 0.15) is 80.1 Å². The van der Waals surface area contributed by atoms with Crippen molar-refractivity contribution in [2.45, 2.75) is 98.4 Å². The number of allylic oxidation sites excluding steroid dienone is 9. The van der Waals surface area contributed by atoms with Crippen LogP contribution in [-0.4, -0.2) is 35.4 Å². The van der Waals surface area contributed by atoms with Crippen LogP contribution in [0.5, 0.6) is 0 Å². The zero-order valence-corrected chi connectivity index (χ0v) is 26.3. The second-order valence-corrected chi connectivity index (χ2v) is 11.3. The van der Waals surface area contributed by atoms with Crippen LogP contribution in [0.3, 0.4) is 0 Å².